The molecule has 3 atom stereocenters. The molecule has 1 aliphatic carbocycles. The molecule has 1 saturated carbocycles. The van der Waals surface area contributed by atoms with Crippen LogP contribution in [0.4, 0.5) is 0 Å². The number of aryl methyl sites for hydroxylation is 1. The van der Waals surface area contributed by atoms with Gasteiger partial charge in [0, 0.05) is 11.7 Å². The van der Waals surface area contributed by atoms with Crippen LogP contribution in [0.25, 0.3) is 0 Å². The van der Waals surface area contributed by atoms with Crippen molar-refractivity contribution in [2.24, 2.45) is 5.92 Å². The third-order valence-corrected chi connectivity index (χ3v) is 4.37. The molecule has 1 aliphatic rings. The Hall–Kier alpha value is -2.36. The molecule has 1 amide bonds. The molecule has 1 aromatic carbocycles. The van der Waals surface area contributed by atoms with Crippen LogP contribution in [0.2, 0.25) is 0 Å². The van der Waals surface area contributed by atoms with Crippen LogP contribution < -0.4 is 10.9 Å². The Morgan fingerprint density at radius 3 is 2.64 bits per heavy atom. The summed E-state index contributed by atoms with van der Waals surface area (Å²) >= 11 is 0. The number of benzene rings is 1. The summed E-state index contributed by atoms with van der Waals surface area (Å²) in [4.78, 5) is 26.7. The van der Waals surface area contributed by atoms with Crippen molar-refractivity contribution in [2.45, 2.75) is 32.2 Å². The number of pyridine rings is 1. The molecule has 2 N–H and O–H groups in total. The Labute approximate surface area is 129 Å². The molecule has 0 bridgehead atoms. The SMILES string of the molecule is Cc1ccc(C(=O)NC(C)C2CC2c2ccccc2)c(=O)[nH]1. The van der Waals surface area contributed by atoms with Gasteiger partial charge in [0.05, 0.1) is 0 Å². The zero-order valence-electron chi connectivity index (χ0n) is 12.8. The zero-order valence-corrected chi connectivity index (χ0v) is 12.8. The first-order valence-electron chi connectivity index (χ1n) is 7.62. The average Bonchev–Trinajstić information content (AvgIpc) is 3.28. The highest BCUT2D eigenvalue weighted by Crippen LogP contribution is 2.49. The summed E-state index contributed by atoms with van der Waals surface area (Å²) in [6.07, 6.45) is 1.08. The normalized spacial score (nSPS) is 21.2. The lowest BCUT2D eigenvalue weighted by Crippen LogP contribution is -2.37. The van der Waals surface area contributed by atoms with E-state index < -0.39 is 0 Å². The smallest absolute Gasteiger partial charge is 0.260 e. The van der Waals surface area contributed by atoms with Gasteiger partial charge in [-0.25, -0.2) is 0 Å². The van der Waals surface area contributed by atoms with Crippen molar-refractivity contribution in [2.75, 3.05) is 0 Å². The molecule has 0 saturated heterocycles. The predicted molar refractivity (Wildman–Crippen MR) is 86.0 cm³/mol. The van der Waals surface area contributed by atoms with Gasteiger partial charge >= 0.3 is 0 Å². The number of hydrogen-bond acceptors (Lipinski definition) is 2. The fourth-order valence-corrected chi connectivity index (χ4v) is 2.99. The van der Waals surface area contributed by atoms with Crippen LogP contribution in [0.3, 0.4) is 0 Å². The van der Waals surface area contributed by atoms with Gasteiger partial charge in [-0.15, -0.1) is 0 Å². The van der Waals surface area contributed by atoms with Crippen LogP contribution in [-0.2, 0) is 0 Å². The first-order valence-corrected chi connectivity index (χ1v) is 7.62. The van der Waals surface area contributed by atoms with Gasteiger partial charge in [0.15, 0.2) is 0 Å². The van der Waals surface area contributed by atoms with Crippen molar-refractivity contribution in [3.8, 4) is 0 Å². The van der Waals surface area contributed by atoms with E-state index in [-0.39, 0.29) is 23.1 Å². The Kier molecular flexibility index (Phi) is 3.84. The summed E-state index contributed by atoms with van der Waals surface area (Å²) in [5.74, 6) is 0.649. The standard InChI is InChI=1S/C18H20N2O2/c1-11-8-9-14(17(21)19-11)18(22)20-12(2)15-10-16(15)13-6-4-3-5-7-13/h3-9,12,15-16H,10H2,1-2H3,(H,19,21)(H,20,22). The van der Waals surface area contributed by atoms with Gasteiger partial charge in [-0.3, -0.25) is 9.59 Å². The van der Waals surface area contributed by atoms with Gasteiger partial charge in [-0.1, -0.05) is 30.3 Å². The second-order valence-corrected chi connectivity index (χ2v) is 6.06. The summed E-state index contributed by atoms with van der Waals surface area (Å²) in [6.45, 7) is 3.80. The minimum Gasteiger partial charge on any atom is -0.349 e. The first-order chi connectivity index (χ1) is 10.6. The van der Waals surface area contributed by atoms with Crippen molar-refractivity contribution >= 4 is 5.91 Å². The number of carbonyl (C=O) groups excluding carboxylic acids is 1. The lowest BCUT2D eigenvalue weighted by Gasteiger charge is -2.14. The number of aromatic nitrogens is 1. The van der Waals surface area contributed by atoms with Crippen LogP contribution in [0.5, 0.6) is 0 Å². The van der Waals surface area contributed by atoms with E-state index in [4.69, 9.17) is 0 Å². The Morgan fingerprint density at radius 2 is 1.95 bits per heavy atom. The van der Waals surface area contributed by atoms with Crippen LogP contribution in [0.15, 0.2) is 47.3 Å². The number of hydrogen-bond donors (Lipinski definition) is 2. The second kappa shape index (κ2) is 5.79. The van der Waals surface area contributed by atoms with E-state index in [1.807, 2.05) is 25.1 Å². The molecule has 114 valence electrons. The highest BCUT2D eigenvalue weighted by molar-refractivity contribution is 5.94. The van der Waals surface area contributed by atoms with E-state index in [1.165, 1.54) is 5.56 Å². The summed E-state index contributed by atoms with van der Waals surface area (Å²) in [5, 5.41) is 2.96. The van der Waals surface area contributed by atoms with Crippen LogP contribution in [0, 0.1) is 12.8 Å². The number of rotatable bonds is 4. The summed E-state index contributed by atoms with van der Waals surface area (Å²) < 4.78 is 0. The van der Waals surface area contributed by atoms with Crippen molar-refractivity contribution in [1.82, 2.24) is 10.3 Å². The quantitative estimate of drug-likeness (QED) is 0.911. The fraction of sp³-hybridized carbons (Fsp3) is 0.333. The van der Waals surface area contributed by atoms with Gasteiger partial charge in [0.25, 0.3) is 11.5 Å². The number of H-pyrrole nitrogens is 1. The van der Waals surface area contributed by atoms with Gasteiger partial charge in [-0.05, 0) is 49.8 Å². The minimum atomic E-state index is -0.333. The van der Waals surface area contributed by atoms with E-state index in [0.29, 0.717) is 11.8 Å². The van der Waals surface area contributed by atoms with Gasteiger partial charge in [0.2, 0.25) is 0 Å². The van der Waals surface area contributed by atoms with Crippen LogP contribution in [-0.4, -0.2) is 16.9 Å². The van der Waals surface area contributed by atoms with E-state index in [2.05, 4.69) is 22.4 Å². The topological polar surface area (TPSA) is 62.0 Å². The third kappa shape index (κ3) is 2.96. The number of amides is 1. The lowest BCUT2D eigenvalue weighted by atomic mass is 10.1. The third-order valence-electron chi connectivity index (χ3n) is 4.37. The molecule has 0 aliphatic heterocycles. The summed E-state index contributed by atoms with van der Waals surface area (Å²) in [5.41, 5.74) is 1.91. The Bertz CT molecular complexity index is 736. The second-order valence-electron chi connectivity index (χ2n) is 6.06. The Balaban J connectivity index is 1.64. The molecule has 0 spiro atoms. The average molecular weight is 296 g/mol. The maximum absolute atomic E-state index is 12.2. The zero-order chi connectivity index (χ0) is 15.7. The molecule has 1 heterocycles. The number of nitrogens with one attached hydrogen (secondary N) is 2. The molecule has 2 aromatic rings. The number of carbonyl (C=O) groups is 1. The van der Waals surface area contributed by atoms with Gasteiger partial charge < -0.3 is 10.3 Å². The highest BCUT2D eigenvalue weighted by atomic mass is 16.2. The molecular weight excluding hydrogens is 276 g/mol. The highest BCUT2D eigenvalue weighted by Gasteiger charge is 2.42. The lowest BCUT2D eigenvalue weighted by molar-refractivity contribution is 0.0934. The van der Waals surface area contributed by atoms with E-state index in [0.717, 1.165) is 12.1 Å². The molecule has 3 rings (SSSR count). The van der Waals surface area contributed by atoms with Crippen molar-refractivity contribution in [3.05, 3.63) is 69.6 Å². The maximum Gasteiger partial charge on any atom is 0.260 e. The molecule has 1 aromatic heterocycles. The van der Waals surface area contributed by atoms with Crippen molar-refractivity contribution < 1.29 is 4.79 Å². The van der Waals surface area contributed by atoms with Crippen molar-refractivity contribution in [3.63, 3.8) is 0 Å². The molecule has 4 nitrogen and oxygen atoms in total. The van der Waals surface area contributed by atoms with Gasteiger partial charge in [0.1, 0.15) is 5.56 Å². The number of aromatic amines is 1. The van der Waals surface area contributed by atoms with Crippen molar-refractivity contribution in [1.29, 1.82) is 0 Å². The largest absolute Gasteiger partial charge is 0.349 e. The summed E-state index contributed by atoms with van der Waals surface area (Å²) in [6, 6.07) is 13.7. The fourth-order valence-electron chi connectivity index (χ4n) is 2.99. The molecule has 22 heavy (non-hydrogen) atoms. The molecular formula is C18H20N2O2. The van der Waals surface area contributed by atoms with E-state index in [9.17, 15) is 9.59 Å². The van der Waals surface area contributed by atoms with E-state index >= 15 is 0 Å². The molecule has 3 unspecified atom stereocenters. The molecule has 0 radical (unpaired) electrons. The Morgan fingerprint density at radius 1 is 1.23 bits per heavy atom. The maximum atomic E-state index is 12.2. The van der Waals surface area contributed by atoms with E-state index in [1.54, 1.807) is 19.1 Å². The van der Waals surface area contributed by atoms with Crippen LogP contribution >= 0.6 is 0 Å². The van der Waals surface area contributed by atoms with Gasteiger partial charge in [-0.2, -0.15) is 0 Å². The van der Waals surface area contributed by atoms with Crippen LogP contribution in [0.1, 0.15) is 40.9 Å². The summed E-state index contributed by atoms with van der Waals surface area (Å²) in [7, 11) is 0. The first kappa shape index (κ1) is 14.6. The monoisotopic (exact) mass is 296 g/mol. The molecule has 4 heteroatoms. The molecule has 1 fully saturated rings. The predicted octanol–water partition coefficient (Wildman–Crippen LogP) is 2.61. The minimum absolute atomic E-state index is 0.0541.